The van der Waals surface area contributed by atoms with E-state index in [9.17, 15) is 10.1 Å². The summed E-state index contributed by atoms with van der Waals surface area (Å²) in [6.07, 6.45) is 3.10. The standard InChI is InChI=1S/C26H19ClN2O3/c27-21-10-7-18(8-11-21)17-32-25-12-9-19-4-1-2-6-23(19)24(25)14-20(15-28)26(30)29-16-22-5-3-13-31-22/h1-14H,16-17H2,(H,29,30)/b20-14+. The molecule has 1 amide bonds. The number of benzene rings is 3. The second kappa shape index (κ2) is 9.86. The number of hydrogen-bond acceptors (Lipinski definition) is 4. The number of nitriles is 1. The highest BCUT2D eigenvalue weighted by atomic mass is 35.5. The van der Waals surface area contributed by atoms with Crippen LogP contribution >= 0.6 is 11.6 Å². The molecule has 3 aromatic carbocycles. The van der Waals surface area contributed by atoms with Crippen molar-refractivity contribution in [2.75, 3.05) is 0 Å². The summed E-state index contributed by atoms with van der Waals surface area (Å²) in [5, 5.41) is 14.9. The summed E-state index contributed by atoms with van der Waals surface area (Å²) >= 11 is 5.96. The van der Waals surface area contributed by atoms with Crippen LogP contribution in [0.25, 0.3) is 16.8 Å². The second-order valence-corrected chi connectivity index (χ2v) is 7.48. The molecular formula is C26H19ClN2O3. The Labute approximate surface area is 190 Å². The molecule has 0 saturated heterocycles. The Kier molecular flexibility index (Phi) is 6.54. The van der Waals surface area contributed by atoms with Crippen LogP contribution in [0, 0.1) is 11.3 Å². The highest BCUT2D eigenvalue weighted by Gasteiger charge is 2.14. The Balaban J connectivity index is 1.65. The van der Waals surface area contributed by atoms with E-state index in [-0.39, 0.29) is 12.1 Å². The summed E-state index contributed by atoms with van der Waals surface area (Å²) in [7, 11) is 0. The van der Waals surface area contributed by atoms with E-state index in [4.69, 9.17) is 20.8 Å². The lowest BCUT2D eigenvalue weighted by molar-refractivity contribution is -0.117. The van der Waals surface area contributed by atoms with Gasteiger partial charge in [0.2, 0.25) is 0 Å². The zero-order valence-corrected chi connectivity index (χ0v) is 17.8. The number of carbonyl (C=O) groups excluding carboxylic acids is 1. The molecule has 1 aromatic heterocycles. The number of nitrogens with one attached hydrogen (secondary N) is 1. The number of ether oxygens (including phenoxy) is 1. The molecule has 0 atom stereocenters. The smallest absolute Gasteiger partial charge is 0.262 e. The van der Waals surface area contributed by atoms with Gasteiger partial charge in [-0.2, -0.15) is 5.26 Å². The second-order valence-electron chi connectivity index (χ2n) is 7.05. The predicted octanol–water partition coefficient (Wildman–Crippen LogP) is 5.89. The van der Waals surface area contributed by atoms with Crippen molar-refractivity contribution < 1.29 is 13.9 Å². The molecule has 0 unspecified atom stereocenters. The maximum absolute atomic E-state index is 12.6. The number of nitrogens with zero attached hydrogens (tertiary/aromatic N) is 1. The van der Waals surface area contributed by atoms with Gasteiger partial charge in [0.05, 0.1) is 12.8 Å². The third kappa shape index (κ3) is 5.00. The minimum absolute atomic E-state index is 0.0238. The number of halogens is 1. The molecule has 32 heavy (non-hydrogen) atoms. The molecule has 5 nitrogen and oxygen atoms in total. The fraction of sp³-hybridized carbons (Fsp3) is 0.0769. The first-order valence-electron chi connectivity index (χ1n) is 9.95. The Morgan fingerprint density at radius 1 is 1.06 bits per heavy atom. The van der Waals surface area contributed by atoms with E-state index >= 15 is 0 Å². The third-order valence-corrected chi connectivity index (χ3v) is 5.15. The summed E-state index contributed by atoms with van der Waals surface area (Å²) in [6.45, 7) is 0.517. The molecule has 4 aromatic rings. The summed E-state index contributed by atoms with van der Waals surface area (Å²) in [4.78, 5) is 12.6. The Hall–Kier alpha value is -4.01. The number of furan rings is 1. The Morgan fingerprint density at radius 3 is 2.62 bits per heavy atom. The first-order chi connectivity index (χ1) is 15.6. The molecule has 0 saturated carbocycles. The van der Waals surface area contributed by atoms with Gasteiger partial charge in [0.25, 0.3) is 5.91 Å². The van der Waals surface area contributed by atoms with Crippen molar-refractivity contribution in [3.05, 3.63) is 107 Å². The van der Waals surface area contributed by atoms with Gasteiger partial charge in [0.1, 0.15) is 29.8 Å². The zero-order valence-electron chi connectivity index (χ0n) is 17.0. The normalized spacial score (nSPS) is 11.2. The Morgan fingerprint density at radius 2 is 1.88 bits per heavy atom. The van der Waals surface area contributed by atoms with E-state index in [1.165, 1.54) is 6.26 Å². The van der Waals surface area contributed by atoms with Gasteiger partial charge in [-0.3, -0.25) is 4.79 Å². The maximum atomic E-state index is 12.6. The van der Waals surface area contributed by atoms with Crippen LogP contribution in [0.5, 0.6) is 5.75 Å². The van der Waals surface area contributed by atoms with Crippen molar-refractivity contribution in [2.45, 2.75) is 13.2 Å². The molecule has 0 aliphatic heterocycles. The average molecular weight is 443 g/mol. The summed E-state index contributed by atoms with van der Waals surface area (Å²) in [5.41, 5.74) is 1.60. The van der Waals surface area contributed by atoms with Crippen LogP contribution in [0.1, 0.15) is 16.9 Å². The predicted molar refractivity (Wildman–Crippen MR) is 124 cm³/mol. The molecule has 6 heteroatoms. The SMILES string of the molecule is N#C/C(=C\c1c(OCc2ccc(Cl)cc2)ccc2ccccc12)C(=O)NCc1ccco1. The largest absolute Gasteiger partial charge is 0.488 e. The van der Waals surface area contributed by atoms with Crippen LogP contribution in [0.15, 0.2) is 89.0 Å². The van der Waals surface area contributed by atoms with Crippen LogP contribution in [0.2, 0.25) is 5.02 Å². The molecule has 0 spiro atoms. The monoisotopic (exact) mass is 442 g/mol. The van der Waals surface area contributed by atoms with Crippen molar-refractivity contribution in [2.24, 2.45) is 0 Å². The maximum Gasteiger partial charge on any atom is 0.262 e. The molecule has 1 heterocycles. The minimum atomic E-state index is -0.486. The minimum Gasteiger partial charge on any atom is -0.488 e. The van der Waals surface area contributed by atoms with Crippen molar-refractivity contribution in [1.82, 2.24) is 5.32 Å². The zero-order chi connectivity index (χ0) is 22.3. The average Bonchev–Trinajstić information content (AvgIpc) is 3.35. The number of rotatable bonds is 7. The number of amides is 1. The van der Waals surface area contributed by atoms with E-state index in [0.717, 1.165) is 16.3 Å². The number of hydrogen-bond donors (Lipinski definition) is 1. The molecule has 0 bridgehead atoms. The lowest BCUT2D eigenvalue weighted by Crippen LogP contribution is -2.23. The van der Waals surface area contributed by atoms with Crippen molar-refractivity contribution in [3.8, 4) is 11.8 Å². The van der Waals surface area contributed by atoms with Crippen LogP contribution in [-0.4, -0.2) is 5.91 Å². The van der Waals surface area contributed by atoms with Crippen molar-refractivity contribution in [1.29, 1.82) is 5.26 Å². The fourth-order valence-corrected chi connectivity index (χ4v) is 3.39. The highest BCUT2D eigenvalue weighted by molar-refractivity contribution is 6.30. The molecule has 158 valence electrons. The van der Waals surface area contributed by atoms with E-state index in [1.807, 2.05) is 54.6 Å². The molecule has 0 radical (unpaired) electrons. The lowest BCUT2D eigenvalue weighted by atomic mass is 10.0. The number of fused-ring (bicyclic) bond motifs is 1. The Bertz CT molecular complexity index is 1300. The van der Waals surface area contributed by atoms with Gasteiger partial charge in [-0.25, -0.2) is 0 Å². The molecule has 1 N–H and O–H groups in total. The summed E-state index contributed by atoms with van der Waals surface area (Å²) in [6, 6.07) is 24.4. The van der Waals surface area contributed by atoms with E-state index in [0.29, 0.717) is 28.7 Å². The quantitative estimate of drug-likeness (QED) is 0.286. The first-order valence-corrected chi connectivity index (χ1v) is 10.3. The van der Waals surface area contributed by atoms with Gasteiger partial charge in [0.15, 0.2) is 0 Å². The van der Waals surface area contributed by atoms with Crippen LogP contribution in [-0.2, 0) is 17.9 Å². The molecule has 0 aliphatic carbocycles. The molecule has 4 rings (SSSR count). The third-order valence-electron chi connectivity index (χ3n) is 4.90. The highest BCUT2D eigenvalue weighted by Crippen LogP contribution is 2.31. The van der Waals surface area contributed by atoms with Crippen molar-refractivity contribution >= 4 is 34.4 Å². The number of carbonyl (C=O) groups is 1. The van der Waals surface area contributed by atoms with Gasteiger partial charge in [-0.15, -0.1) is 0 Å². The van der Waals surface area contributed by atoms with Gasteiger partial charge < -0.3 is 14.5 Å². The van der Waals surface area contributed by atoms with E-state index in [1.54, 1.807) is 30.3 Å². The van der Waals surface area contributed by atoms with E-state index in [2.05, 4.69) is 5.32 Å². The van der Waals surface area contributed by atoms with Crippen molar-refractivity contribution in [3.63, 3.8) is 0 Å². The van der Waals surface area contributed by atoms with Gasteiger partial charge in [-0.1, -0.05) is 54.1 Å². The summed E-state index contributed by atoms with van der Waals surface area (Å²) in [5.74, 6) is 0.693. The summed E-state index contributed by atoms with van der Waals surface area (Å²) < 4.78 is 11.3. The lowest BCUT2D eigenvalue weighted by Gasteiger charge is -2.13. The van der Waals surface area contributed by atoms with Crippen LogP contribution < -0.4 is 10.1 Å². The van der Waals surface area contributed by atoms with Crippen LogP contribution in [0.3, 0.4) is 0 Å². The van der Waals surface area contributed by atoms with Crippen LogP contribution in [0.4, 0.5) is 0 Å². The van der Waals surface area contributed by atoms with Gasteiger partial charge >= 0.3 is 0 Å². The van der Waals surface area contributed by atoms with Gasteiger partial charge in [0, 0.05) is 10.6 Å². The first kappa shape index (κ1) is 21.2. The molecule has 0 fully saturated rings. The fourth-order valence-electron chi connectivity index (χ4n) is 3.26. The topological polar surface area (TPSA) is 75.3 Å². The van der Waals surface area contributed by atoms with E-state index < -0.39 is 5.91 Å². The van der Waals surface area contributed by atoms with Gasteiger partial charge in [-0.05, 0) is 52.7 Å². The molecular weight excluding hydrogens is 424 g/mol. The molecule has 0 aliphatic rings.